The first-order valence-corrected chi connectivity index (χ1v) is 11.2. The van der Waals surface area contributed by atoms with Crippen LogP contribution in [0.4, 0.5) is 13.2 Å². The number of thiophene rings is 1. The van der Waals surface area contributed by atoms with Crippen LogP contribution in [-0.2, 0) is 19.3 Å². The van der Waals surface area contributed by atoms with Gasteiger partial charge in [0.05, 0.1) is 20.3 Å². The number of benzene rings is 2. The van der Waals surface area contributed by atoms with Crippen LogP contribution in [0.1, 0.15) is 32.7 Å². The van der Waals surface area contributed by atoms with Crippen LogP contribution in [0.5, 0.6) is 0 Å². The summed E-state index contributed by atoms with van der Waals surface area (Å²) >= 11 is 5.09. The van der Waals surface area contributed by atoms with E-state index in [1.165, 1.54) is 17.4 Å². The van der Waals surface area contributed by atoms with Gasteiger partial charge in [-0.3, -0.25) is 4.79 Å². The van der Waals surface area contributed by atoms with E-state index in [1.807, 2.05) is 47.2 Å². The zero-order valence-electron chi connectivity index (χ0n) is 16.5. The fourth-order valence-electron chi connectivity index (χ4n) is 3.47. The topological polar surface area (TPSA) is 34.0 Å². The summed E-state index contributed by atoms with van der Waals surface area (Å²) in [6.07, 6.45) is -4.42. The SMILES string of the molecule is Cc1ccccc1Cn1c(C(=O)NCc2cccc(C(F)(F)F)c2)cc2scc(Br)c21. The van der Waals surface area contributed by atoms with Gasteiger partial charge in [0.2, 0.25) is 0 Å². The highest BCUT2D eigenvalue weighted by molar-refractivity contribution is 9.10. The average molecular weight is 507 g/mol. The van der Waals surface area contributed by atoms with E-state index in [0.717, 1.165) is 37.9 Å². The van der Waals surface area contributed by atoms with Gasteiger partial charge in [-0.2, -0.15) is 13.2 Å². The minimum Gasteiger partial charge on any atom is -0.347 e. The van der Waals surface area contributed by atoms with Crippen molar-refractivity contribution in [3.8, 4) is 0 Å². The lowest BCUT2D eigenvalue weighted by Gasteiger charge is -2.13. The Bertz CT molecular complexity index is 1260. The number of nitrogens with one attached hydrogen (secondary N) is 1. The van der Waals surface area contributed by atoms with E-state index < -0.39 is 11.7 Å². The Morgan fingerprint density at radius 1 is 1.13 bits per heavy atom. The molecule has 0 saturated heterocycles. The number of halogens is 4. The van der Waals surface area contributed by atoms with E-state index >= 15 is 0 Å². The summed E-state index contributed by atoms with van der Waals surface area (Å²) in [4.78, 5) is 13.0. The lowest BCUT2D eigenvalue weighted by atomic mass is 10.1. The predicted molar refractivity (Wildman–Crippen MR) is 120 cm³/mol. The van der Waals surface area contributed by atoms with Crippen LogP contribution >= 0.6 is 27.3 Å². The molecule has 0 saturated carbocycles. The third kappa shape index (κ3) is 4.55. The molecule has 8 heteroatoms. The van der Waals surface area contributed by atoms with Gasteiger partial charge in [-0.15, -0.1) is 11.3 Å². The predicted octanol–water partition coefficient (Wildman–Crippen LogP) is 6.77. The largest absolute Gasteiger partial charge is 0.416 e. The van der Waals surface area contributed by atoms with E-state index in [9.17, 15) is 18.0 Å². The van der Waals surface area contributed by atoms with Crippen molar-refractivity contribution in [2.45, 2.75) is 26.2 Å². The summed E-state index contributed by atoms with van der Waals surface area (Å²) in [5.41, 5.74) is 3.26. The molecule has 0 unspecified atom stereocenters. The maximum atomic E-state index is 13.0. The number of aromatic nitrogens is 1. The van der Waals surface area contributed by atoms with Crippen molar-refractivity contribution in [1.29, 1.82) is 0 Å². The number of nitrogens with zero attached hydrogens (tertiary/aromatic N) is 1. The quantitative estimate of drug-likeness (QED) is 0.318. The molecule has 0 aliphatic carbocycles. The number of rotatable bonds is 5. The zero-order chi connectivity index (χ0) is 22.2. The van der Waals surface area contributed by atoms with Crippen LogP contribution in [0.3, 0.4) is 0 Å². The second-order valence-corrected chi connectivity index (χ2v) is 8.99. The number of hydrogen-bond acceptors (Lipinski definition) is 2. The zero-order valence-corrected chi connectivity index (χ0v) is 18.9. The highest BCUT2D eigenvalue weighted by Crippen LogP contribution is 2.34. The molecule has 4 aromatic rings. The van der Waals surface area contributed by atoms with Crippen LogP contribution in [-0.4, -0.2) is 10.5 Å². The number of fused-ring (bicyclic) bond motifs is 1. The number of carbonyl (C=O) groups is 1. The van der Waals surface area contributed by atoms with Crippen LogP contribution in [0.25, 0.3) is 10.2 Å². The number of aryl methyl sites for hydroxylation is 1. The Labute approximate surface area is 189 Å². The molecule has 0 atom stereocenters. The molecular weight excluding hydrogens is 489 g/mol. The minimum absolute atomic E-state index is 0.00706. The number of alkyl halides is 3. The molecule has 4 rings (SSSR count). The molecule has 0 radical (unpaired) electrons. The van der Waals surface area contributed by atoms with Gasteiger partial charge in [-0.1, -0.05) is 36.4 Å². The standard InChI is InChI=1S/C23H18BrF3N2OS/c1-14-5-2-3-7-16(14)12-29-19(10-20-21(29)18(24)13-31-20)22(30)28-11-15-6-4-8-17(9-15)23(25,26)27/h2-10,13H,11-12H2,1H3,(H,28,30). The third-order valence-electron chi connectivity index (χ3n) is 5.11. The van der Waals surface area contributed by atoms with Crippen molar-refractivity contribution in [3.05, 3.63) is 92.4 Å². The van der Waals surface area contributed by atoms with Gasteiger partial charge >= 0.3 is 6.18 Å². The summed E-state index contributed by atoms with van der Waals surface area (Å²) in [6.45, 7) is 2.54. The molecule has 31 heavy (non-hydrogen) atoms. The Morgan fingerprint density at radius 3 is 2.65 bits per heavy atom. The fraction of sp³-hybridized carbons (Fsp3) is 0.174. The Kier molecular flexibility index (Phi) is 5.94. The highest BCUT2D eigenvalue weighted by Gasteiger charge is 2.30. The van der Waals surface area contributed by atoms with Crippen LogP contribution in [0, 0.1) is 6.92 Å². The highest BCUT2D eigenvalue weighted by atomic mass is 79.9. The van der Waals surface area contributed by atoms with Gasteiger partial charge in [0, 0.05) is 18.5 Å². The maximum Gasteiger partial charge on any atom is 0.416 e. The van der Waals surface area contributed by atoms with Gasteiger partial charge in [0.1, 0.15) is 5.69 Å². The first kappa shape index (κ1) is 21.6. The lowest BCUT2D eigenvalue weighted by Crippen LogP contribution is -2.26. The van der Waals surface area contributed by atoms with Gasteiger partial charge in [-0.25, -0.2) is 0 Å². The fourth-order valence-corrected chi connectivity index (χ4v) is 5.16. The van der Waals surface area contributed by atoms with Crippen molar-refractivity contribution in [3.63, 3.8) is 0 Å². The second-order valence-electron chi connectivity index (χ2n) is 7.22. The summed E-state index contributed by atoms with van der Waals surface area (Å²) in [6, 6.07) is 14.8. The maximum absolute atomic E-state index is 13.0. The summed E-state index contributed by atoms with van der Waals surface area (Å²) in [5, 5.41) is 4.74. The molecule has 0 aliphatic rings. The molecule has 1 N–H and O–H groups in total. The minimum atomic E-state index is -4.42. The average Bonchev–Trinajstić information content (AvgIpc) is 3.27. The molecule has 2 aromatic carbocycles. The lowest BCUT2D eigenvalue weighted by molar-refractivity contribution is -0.137. The smallest absolute Gasteiger partial charge is 0.347 e. The first-order chi connectivity index (χ1) is 14.7. The van der Waals surface area contributed by atoms with Gasteiger partial charge in [0.15, 0.2) is 0 Å². The van der Waals surface area contributed by atoms with E-state index in [2.05, 4.69) is 21.2 Å². The van der Waals surface area contributed by atoms with Crippen molar-refractivity contribution >= 4 is 43.4 Å². The molecule has 2 aromatic heterocycles. The van der Waals surface area contributed by atoms with Crippen molar-refractivity contribution in [2.75, 3.05) is 0 Å². The number of carbonyl (C=O) groups excluding carboxylic acids is 1. The molecule has 0 spiro atoms. The van der Waals surface area contributed by atoms with Crippen molar-refractivity contribution < 1.29 is 18.0 Å². The normalized spacial score (nSPS) is 11.8. The van der Waals surface area contributed by atoms with Crippen LogP contribution in [0.2, 0.25) is 0 Å². The Hall–Kier alpha value is -2.58. The van der Waals surface area contributed by atoms with Crippen molar-refractivity contribution in [1.82, 2.24) is 9.88 Å². The van der Waals surface area contributed by atoms with Gasteiger partial charge < -0.3 is 9.88 Å². The molecule has 0 fully saturated rings. The molecular formula is C23H18BrF3N2OS. The van der Waals surface area contributed by atoms with Crippen molar-refractivity contribution in [2.24, 2.45) is 0 Å². The van der Waals surface area contributed by atoms with E-state index in [0.29, 0.717) is 17.8 Å². The molecule has 0 aliphatic heterocycles. The van der Waals surface area contributed by atoms with E-state index in [4.69, 9.17) is 0 Å². The van der Waals surface area contributed by atoms with E-state index in [-0.39, 0.29) is 12.5 Å². The van der Waals surface area contributed by atoms with E-state index in [1.54, 1.807) is 6.07 Å². The second kappa shape index (κ2) is 8.51. The first-order valence-electron chi connectivity index (χ1n) is 9.49. The molecule has 160 valence electrons. The molecule has 1 amide bonds. The molecule has 0 bridgehead atoms. The molecule has 2 heterocycles. The molecule has 3 nitrogen and oxygen atoms in total. The van der Waals surface area contributed by atoms with Gasteiger partial charge in [0.25, 0.3) is 5.91 Å². The monoisotopic (exact) mass is 506 g/mol. The van der Waals surface area contributed by atoms with Crippen LogP contribution in [0.15, 0.2) is 64.5 Å². The summed E-state index contributed by atoms with van der Waals surface area (Å²) in [7, 11) is 0. The van der Waals surface area contributed by atoms with Gasteiger partial charge in [-0.05, 0) is 57.7 Å². The number of amides is 1. The third-order valence-corrected chi connectivity index (χ3v) is 6.93. The number of hydrogen-bond donors (Lipinski definition) is 1. The summed E-state index contributed by atoms with van der Waals surface area (Å²) in [5.74, 6) is -0.332. The Morgan fingerprint density at radius 2 is 1.90 bits per heavy atom. The Balaban J connectivity index is 1.62. The summed E-state index contributed by atoms with van der Waals surface area (Å²) < 4.78 is 42.7. The van der Waals surface area contributed by atoms with Crippen LogP contribution < -0.4 is 5.32 Å².